The standard InChI is InChI=1S/C13H21N3O2S/c1-10-7-8-16(11(2)9-10)19(17,18)13-6-4-3-5-12(13)15-14/h3-6,10-11,15H,7-9,14H2,1-2H3. The lowest BCUT2D eigenvalue weighted by Crippen LogP contribution is -2.44. The second-order valence-electron chi connectivity index (χ2n) is 5.23. The first-order valence-electron chi connectivity index (χ1n) is 6.54. The third-order valence-corrected chi connectivity index (χ3v) is 5.78. The topological polar surface area (TPSA) is 75.4 Å². The van der Waals surface area contributed by atoms with Crippen molar-refractivity contribution in [1.29, 1.82) is 0 Å². The molecule has 1 aliphatic heterocycles. The Bertz CT molecular complexity index is 545. The summed E-state index contributed by atoms with van der Waals surface area (Å²) in [5.41, 5.74) is 2.90. The molecular formula is C13H21N3O2S. The van der Waals surface area contributed by atoms with Crippen molar-refractivity contribution in [3.63, 3.8) is 0 Å². The molecule has 5 nitrogen and oxygen atoms in total. The van der Waals surface area contributed by atoms with E-state index in [1.165, 1.54) is 0 Å². The molecular weight excluding hydrogens is 262 g/mol. The first-order valence-corrected chi connectivity index (χ1v) is 7.98. The number of para-hydroxylation sites is 1. The van der Waals surface area contributed by atoms with Crippen LogP contribution < -0.4 is 11.3 Å². The van der Waals surface area contributed by atoms with Gasteiger partial charge >= 0.3 is 0 Å². The van der Waals surface area contributed by atoms with Crippen molar-refractivity contribution in [2.45, 2.75) is 37.6 Å². The molecule has 6 heteroatoms. The average molecular weight is 283 g/mol. The summed E-state index contributed by atoms with van der Waals surface area (Å²) in [5.74, 6) is 5.97. The van der Waals surface area contributed by atoms with E-state index in [1.54, 1.807) is 28.6 Å². The smallest absolute Gasteiger partial charge is 0.245 e. The van der Waals surface area contributed by atoms with Crippen LogP contribution in [0.4, 0.5) is 5.69 Å². The summed E-state index contributed by atoms with van der Waals surface area (Å²) in [6.07, 6.45) is 1.80. The summed E-state index contributed by atoms with van der Waals surface area (Å²) in [6, 6.07) is 6.76. The van der Waals surface area contributed by atoms with Gasteiger partial charge in [0.1, 0.15) is 4.90 Å². The Kier molecular flexibility index (Phi) is 4.13. The number of hydrogen-bond acceptors (Lipinski definition) is 4. The van der Waals surface area contributed by atoms with Crippen LogP contribution in [-0.2, 0) is 10.0 Å². The van der Waals surface area contributed by atoms with Crippen molar-refractivity contribution in [1.82, 2.24) is 4.31 Å². The lowest BCUT2D eigenvalue weighted by atomic mass is 9.95. The van der Waals surface area contributed by atoms with Gasteiger partial charge in [0.2, 0.25) is 10.0 Å². The summed E-state index contributed by atoms with van der Waals surface area (Å²) >= 11 is 0. The summed E-state index contributed by atoms with van der Waals surface area (Å²) < 4.78 is 27.0. The molecule has 0 spiro atoms. The van der Waals surface area contributed by atoms with Crippen LogP contribution in [0.2, 0.25) is 0 Å². The Morgan fingerprint density at radius 2 is 2.00 bits per heavy atom. The number of hydrogen-bond donors (Lipinski definition) is 2. The van der Waals surface area contributed by atoms with Gasteiger partial charge in [0, 0.05) is 12.6 Å². The number of sulfonamides is 1. The van der Waals surface area contributed by atoms with Crippen LogP contribution >= 0.6 is 0 Å². The van der Waals surface area contributed by atoms with E-state index < -0.39 is 10.0 Å². The van der Waals surface area contributed by atoms with Crippen molar-refractivity contribution in [2.75, 3.05) is 12.0 Å². The lowest BCUT2D eigenvalue weighted by molar-refractivity contribution is 0.220. The molecule has 1 aromatic rings. The third-order valence-electron chi connectivity index (χ3n) is 3.71. The maximum absolute atomic E-state index is 12.7. The maximum atomic E-state index is 12.7. The zero-order valence-electron chi connectivity index (χ0n) is 11.3. The predicted molar refractivity (Wildman–Crippen MR) is 76.0 cm³/mol. The van der Waals surface area contributed by atoms with Gasteiger partial charge in [-0.15, -0.1) is 0 Å². The van der Waals surface area contributed by atoms with E-state index in [0.717, 1.165) is 12.8 Å². The SMILES string of the molecule is CC1CCN(S(=O)(=O)c2ccccc2NN)C(C)C1. The first-order chi connectivity index (χ1) is 8.96. The number of anilines is 1. The molecule has 1 fully saturated rings. The number of nitrogens with zero attached hydrogens (tertiary/aromatic N) is 1. The highest BCUT2D eigenvalue weighted by molar-refractivity contribution is 7.89. The van der Waals surface area contributed by atoms with Crippen LogP contribution in [0.15, 0.2) is 29.2 Å². The van der Waals surface area contributed by atoms with Crippen LogP contribution in [0.25, 0.3) is 0 Å². The minimum Gasteiger partial charge on any atom is -0.323 e. The highest BCUT2D eigenvalue weighted by Crippen LogP contribution is 2.30. The quantitative estimate of drug-likeness (QED) is 0.655. The molecule has 2 rings (SSSR count). The number of hydrazine groups is 1. The Hall–Kier alpha value is -1.11. The monoisotopic (exact) mass is 283 g/mol. The molecule has 0 bridgehead atoms. The Labute approximate surface area is 114 Å². The normalized spacial score (nSPS) is 25.2. The summed E-state index contributed by atoms with van der Waals surface area (Å²) in [5, 5.41) is 0. The molecule has 1 saturated heterocycles. The van der Waals surface area contributed by atoms with E-state index in [4.69, 9.17) is 5.84 Å². The molecule has 0 saturated carbocycles. The molecule has 1 aliphatic rings. The Morgan fingerprint density at radius 3 is 2.63 bits per heavy atom. The van der Waals surface area contributed by atoms with Crippen molar-refractivity contribution in [2.24, 2.45) is 11.8 Å². The lowest BCUT2D eigenvalue weighted by Gasteiger charge is -2.35. The molecule has 0 amide bonds. The summed E-state index contributed by atoms with van der Waals surface area (Å²) in [4.78, 5) is 0.249. The molecule has 19 heavy (non-hydrogen) atoms. The highest BCUT2D eigenvalue weighted by Gasteiger charge is 2.34. The fourth-order valence-electron chi connectivity index (χ4n) is 2.68. The van der Waals surface area contributed by atoms with Crippen molar-refractivity contribution < 1.29 is 8.42 Å². The van der Waals surface area contributed by atoms with Gasteiger partial charge in [-0.2, -0.15) is 4.31 Å². The van der Waals surface area contributed by atoms with E-state index in [2.05, 4.69) is 12.3 Å². The van der Waals surface area contributed by atoms with Crippen molar-refractivity contribution >= 4 is 15.7 Å². The van der Waals surface area contributed by atoms with E-state index in [0.29, 0.717) is 18.2 Å². The van der Waals surface area contributed by atoms with Gasteiger partial charge in [0.15, 0.2) is 0 Å². The zero-order chi connectivity index (χ0) is 14.0. The third kappa shape index (κ3) is 2.75. The summed E-state index contributed by atoms with van der Waals surface area (Å²) in [7, 11) is -3.49. The molecule has 2 atom stereocenters. The van der Waals surface area contributed by atoms with Crippen molar-refractivity contribution in [3.05, 3.63) is 24.3 Å². The minimum absolute atomic E-state index is 0.0274. The van der Waals surface area contributed by atoms with Gasteiger partial charge < -0.3 is 5.43 Å². The predicted octanol–water partition coefficient (Wildman–Crippen LogP) is 1.78. The second kappa shape index (κ2) is 5.48. The van der Waals surface area contributed by atoms with Gasteiger partial charge in [-0.1, -0.05) is 19.1 Å². The molecule has 106 valence electrons. The van der Waals surface area contributed by atoms with E-state index in [-0.39, 0.29) is 10.9 Å². The van der Waals surface area contributed by atoms with Crippen LogP contribution in [0.5, 0.6) is 0 Å². The van der Waals surface area contributed by atoms with Crippen LogP contribution in [0.1, 0.15) is 26.7 Å². The minimum atomic E-state index is -3.49. The largest absolute Gasteiger partial charge is 0.323 e. The fourth-order valence-corrected chi connectivity index (χ4v) is 4.49. The molecule has 1 aromatic carbocycles. The van der Waals surface area contributed by atoms with Crippen LogP contribution in [0, 0.1) is 5.92 Å². The van der Waals surface area contributed by atoms with Crippen molar-refractivity contribution in [3.8, 4) is 0 Å². The highest BCUT2D eigenvalue weighted by atomic mass is 32.2. The van der Waals surface area contributed by atoms with E-state index in [9.17, 15) is 8.42 Å². The number of nitrogens with one attached hydrogen (secondary N) is 1. The number of nitrogens with two attached hydrogens (primary N) is 1. The summed E-state index contributed by atoms with van der Waals surface area (Å²) in [6.45, 7) is 4.70. The van der Waals surface area contributed by atoms with E-state index >= 15 is 0 Å². The maximum Gasteiger partial charge on any atom is 0.245 e. The number of nitrogen functional groups attached to an aromatic ring is 1. The molecule has 2 unspecified atom stereocenters. The van der Waals surface area contributed by atoms with Crippen LogP contribution in [0.3, 0.4) is 0 Å². The Morgan fingerprint density at radius 1 is 1.32 bits per heavy atom. The van der Waals surface area contributed by atoms with Gasteiger partial charge in [-0.25, -0.2) is 8.42 Å². The first kappa shape index (κ1) is 14.3. The molecule has 0 aromatic heterocycles. The zero-order valence-corrected chi connectivity index (χ0v) is 12.2. The van der Waals surface area contributed by atoms with Gasteiger partial charge in [0.05, 0.1) is 5.69 Å². The van der Waals surface area contributed by atoms with Crippen LogP contribution in [-0.4, -0.2) is 25.3 Å². The molecule has 1 heterocycles. The van der Waals surface area contributed by atoms with E-state index in [1.807, 2.05) is 6.92 Å². The number of rotatable bonds is 3. The second-order valence-corrected chi connectivity index (χ2v) is 7.09. The molecule has 0 radical (unpaired) electrons. The van der Waals surface area contributed by atoms with Gasteiger partial charge in [-0.05, 0) is 37.8 Å². The van der Waals surface area contributed by atoms with Gasteiger partial charge in [-0.3, -0.25) is 5.84 Å². The number of benzene rings is 1. The number of piperidine rings is 1. The Balaban J connectivity index is 2.37. The fraction of sp³-hybridized carbons (Fsp3) is 0.538. The molecule has 0 aliphatic carbocycles. The van der Waals surface area contributed by atoms with Gasteiger partial charge in [0.25, 0.3) is 0 Å². The molecule has 3 N–H and O–H groups in total. The average Bonchev–Trinajstić information content (AvgIpc) is 2.38.